The highest BCUT2D eigenvalue weighted by Gasteiger charge is 2.56. The van der Waals surface area contributed by atoms with Crippen molar-refractivity contribution in [3.05, 3.63) is 0 Å². The molecule has 2 rings (SSSR count). The molecule has 0 aliphatic heterocycles. The van der Waals surface area contributed by atoms with Crippen LogP contribution in [0.5, 0.6) is 0 Å². The van der Waals surface area contributed by atoms with Gasteiger partial charge in [-0.1, -0.05) is 13.3 Å². The number of nitrogens with one attached hydrogen (secondary N) is 2. The highest BCUT2D eigenvalue weighted by Crippen LogP contribution is 2.57. The number of carbonyl (C=O) groups is 1. The van der Waals surface area contributed by atoms with Crippen molar-refractivity contribution >= 4 is 18.3 Å². The predicted molar refractivity (Wildman–Crippen MR) is 67.7 cm³/mol. The molecule has 16 heavy (non-hydrogen) atoms. The first-order valence-electron chi connectivity index (χ1n) is 6.25. The van der Waals surface area contributed by atoms with Gasteiger partial charge in [-0.2, -0.15) is 0 Å². The summed E-state index contributed by atoms with van der Waals surface area (Å²) in [5, 5.41) is 6.35. The Morgan fingerprint density at radius 3 is 2.56 bits per heavy atom. The maximum Gasteiger partial charge on any atom is 0.223 e. The van der Waals surface area contributed by atoms with E-state index in [2.05, 4.69) is 24.5 Å². The fraction of sp³-hybridized carbons (Fsp3) is 0.917. The van der Waals surface area contributed by atoms with Crippen molar-refractivity contribution in [3.8, 4) is 0 Å². The average molecular weight is 247 g/mol. The van der Waals surface area contributed by atoms with Crippen LogP contribution in [0.1, 0.15) is 33.1 Å². The van der Waals surface area contributed by atoms with Gasteiger partial charge in [-0.25, -0.2) is 0 Å². The van der Waals surface area contributed by atoms with Gasteiger partial charge in [0.2, 0.25) is 5.91 Å². The van der Waals surface area contributed by atoms with Crippen LogP contribution < -0.4 is 10.6 Å². The van der Waals surface area contributed by atoms with E-state index in [1.807, 2.05) is 0 Å². The van der Waals surface area contributed by atoms with Gasteiger partial charge in [0, 0.05) is 18.5 Å². The Labute approximate surface area is 104 Å². The number of likely N-dealkylation sites (N-methyl/N-ethyl adjacent to an activating group) is 1. The minimum Gasteiger partial charge on any atom is -0.354 e. The maximum atomic E-state index is 11.8. The lowest BCUT2D eigenvalue weighted by Gasteiger charge is -2.13. The Balaban J connectivity index is 0.00000128. The highest BCUT2D eigenvalue weighted by atomic mass is 35.5. The lowest BCUT2D eigenvalue weighted by molar-refractivity contribution is -0.123. The second-order valence-electron chi connectivity index (χ2n) is 4.99. The Hall–Kier alpha value is -0.280. The zero-order valence-corrected chi connectivity index (χ0v) is 11.0. The second kappa shape index (κ2) is 5.87. The molecule has 2 fully saturated rings. The third-order valence-corrected chi connectivity index (χ3v) is 3.84. The molecule has 0 aromatic carbocycles. The molecule has 2 aliphatic carbocycles. The minimum atomic E-state index is 0. The van der Waals surface area contributed by atoms with E-state index in [1.54, 1.807) is 0 Å². The molecule has 2 N–H and O–H groups in total. The summed E-state index contributed by atoms with van der Waals surface area (Å²) in [6.45, 7) is 5.93. The van der Waals surface area contributed by atoms with E-state index in [0.717, 1.165) is 24.9 Å². The number of hydrogen-bond donors (Lipinski definition) is 2. The van der Waals surface area contributed by atoms with Crippen molar-refractivity contribution in [1.82, 2.24) is 10.6 Å². The largest absolute Gasteiger partial charge is 0.354 e. The smallest absolute Gasteiger partial charge is 0.223 e. The van der Waals surface area contributed by atoms with E-state index in [4.69, 9.17) is 0 Å². The van der Waals surface area contributed by atoms with Crippen LogP contribution in [0.15, 0.2) is 0 Å². The third-order valence-electron chi connectivity index (χ3n) is 3.84. The molecule has 4 heteroatoms. The number of carbonyl (C=O) groups excluding carboxylic acids is 1. The number of amides is 1. The molecule has 2 unspecified atom stereocenters. The van der Waals surface area contributed by atoms with Crippen LogP contribution in [-0.2, 0) is 4.79 Å². The zero-order valence-electron chi connectivity index (χ0n) is 10.2. The molecule has 0 heterocycles. The fourth-order valence-electron chi connectivity index (χ4n) is 3.00. The molecule has 0 bridgehead atoms. The fourth-order valence-corrected chi connectivity index (χ4v) is 3.00. The van der Waals surface area contributed by atoms with Crippen molar-refractivity contribution in [2.45, 2.75) is 39.2 Å². The van der Waals surface area contributed by atoms with Gasteiger partial charge >= 0.3 is 0 Å². The standard InChI is InChI=1S/C12H22N2O.ClH/c1-3-13-8(2)7-14-12(15)11-9-5-4-6-10(9)11;/h8-11,13H,3-7H2,1-2H3,(H,14,15);1H/t8-,9?,10?,11?;/m1./s1. The Morgan fingerprint density at radius 2 is 2.00 bits per heavy atom. The first-order valence-corrected chi connectivity index (χ1v) is 6.25. The van der Waals surface area contributed by atoms with E-state index in [1.165, 1.54) is 19.3 Å². The lowest BCUT2D eigenvalue weighted by atomic mass is 10.1. The Bertz CT molecular complexity index is 237. The van der Waals surface area contributed by atoms with Gasteiger partial charge in [0.15, 0.2) is 0 Å². The molecule has 2 saturated carbocycles. The molecule has 0 radical (unpaired) electrons. The highest BCUT2D eigenvalue weighted by molar-refractivity contribution is 5.85. The molecule has 1 amide bonds. The Kier molecular flexibility index (Phi) is 5.06. The molecule has 0 spiro atoms. The second-order valence-corrected chi connectivity index (χ2v) is 4.99. The minimum absolute atomic E-state index is 0. The van der Waals surface area contributed by atoms with E-state index < -0.39 is 0 Å². The molecule has 0 saturated heterocycles. The zero-order chi connectivity index (χ0) is 10.8. The number of fused-ring (bicyclic) bond motifs is 1. The van der Waals surface area contributed by atoms with Crippen molar-refractivity contribution in [1.29, 1.82) is 0 Å². The predicted octanol–water partition coefficient (Wildman–Crippen LogP) is 1.57. The normalized spacial score (nSPS) is 32.5. The van der Waals surface area contributed by atoms with Crippen LogP contribution in [0.4, 0.5) is 0 Å². The molecule has 0 aromatic rings. The first-order chi connectivity index (χ1) is 7.24. The summed E-state index contributed by atoms with van der Waals surface area (Å²) in [5.74, 6) is 2.14. The first kappa shape index (κ1) is 13.8. The molecule has 2 aliphatic rings. The lowest BCUT2D eigenvalue weighted by Crippen LogP contribution is -2.39. The van der Waals surface area contributed by atoms with Gasteiger partial charge in [-0.15, -0.1) is 12.4 Å². The maximum absolute atomic E-state index is 11.8. The van der Waals surface area contributed by atoms with Gasteiger partial charge in [-0.3, -0.25) is 4.79 Å². The van der Waals surface area contributed by atoms with E-state index in [-0.39, 0.29) is 12.4 Å². The van der Waals surface area contributed by atoms with E-state index >= 15 is 0 Å². The van der Waals surface area contributed by atoms with Crippen LogP contribution >= 0.6 is 12.4 Å². The molecule has 3 nitrogen and oxygen atoms in total. The van der Waals surface area contributed by atoms with E-state index in [9.17, 15) is 4.79 Å². The third kappa shape index (κ3) is 2.89. The average Bonchev–Trinajstić information content (AvgIpc) is 2.69. The summed E-state index contributed by atoms with van der Waals surface area (Å²) in [4.78, 5) is 11.8. The van der Waals surface area contributed by atoms with Gasteiger partial charge in [0.1, 0.15) is 0 Å². The number of hydrogen-bond acceptors (Lipinski definition) is 2. The van der Waals surface area contributed by atoms with Gasteiger partial charge in [0.05, 0.1) is 0 Å². The summed E-state index contributed by atoms with van der Waals surface area (Å²) in [6, 6.07) is 0.387. The summed E-state index contributed by atoms with van der Waals surface area (Å²) in [7, 11) is 0. The van der Waals surface area contributed by atoms with Gasteiger partial charge < -0.3 is 10.6 Å². The van der Waals surface area contributed by atoms with Crippen LogP contribution in [-0.4, -0.2) is 25.0 Å². The van der Waals surface area contributed by atoms with Crippen LogP contribution in [0.2, 0.25) is 0 Å². The van der Waals surface area contributed by atoms with E-state index in [0.29, 0.717) is 17.9 Å². The summed E-state index contributed by atoms with van der Waals surface area (Å²) < 4.78 is 0. The SMILES string of the molecule is CCN[C@H](C)CNC(=O)C1C2CCCC21.Cl. The van der Waals surface area contributed by atoms with Gasteiger partial charge in [0.25, 0.3) is 0 Å². The Morgan fingerprint density at radius 1 is 1.38 bits per heavy atom. The summed E-state index contributed by atoms with van der Waals surface area (Å²) in [5.41, 5.74) is 0. The number of halogens is 1. The van der Waals surface area contributed by atoms with Crippen LogP contribution in [0, 0.1) is 17.8 Å². The van der Waals surface area contributed by atoms with Crippen molar-refractivity contribution in [2.75, 3.05) is 13.1 Å². The van der Waals surface area contributed by atoms with Crippen LogP contribution in [0.3, 0.4) is 0 Å². The van der Waals surface area contributed by atoms with Crippen molar-refractivity contribution < 1.29 is 4.79 Å². The monoisotopic (exact) mass is 246 g/mol. The summed E-state index contributed by atoms with van der Waals surface area (Å²) >= 11 is 0. The number of rotatable bonds is 5. The molecular formula is C12H23ClN2O. The topological polar surface area (TPSA) is 41.1 Å². The molecule has 0 aromatic heterocycles. The summed E-state index contributed by atoms with van der Waals surface area (Å²) in [6.07, 6.45) is 3.91. The molecule has 3 atom stereocenters. The molecular weight excluding hydrogens is 224 g/mol. The van der Waals surface area contributed by atoms with Gasteiger partial charge in [-0.05, 0) is 38.1 Å². The van der Waals surface area contributed by atoms with Crippen LogP contribution in [0.25, 0.3) is 0 Å². The molecule has 94 valence electrons. The quantitative estimate of drug-likeness (QED) is 0.773. The van der Waals surface area contributed by atoms with Crippen molar-refractivity contribution in [3.63, 3.8) is 0 Å². The van der Waals surface area contributed by atoms with Crippen molar-refractivity contribution in [2.24, 2.45) is 17.8 Å².